The number of nitrogens with zero attached hydrogens (tertiary/aromatic N) is 2. The third-order valence-corrected chi connectivity index (χ3v) is 3.77. The van der Waals surface area contributed by atoms with Gasteiger partial charge in [-0.3, -0.25) is 4.98 Å². The van der Waals surface area contributed by atoms with E-state index in [4.69, 9.17) is 11.6 Å². The highest BCUT2D eigenvalue weighted by molar-refractivity contribution is 6.31. The zero-order valence-electron chi connectivity index (χ0n) is 12.0. The minimum atomic E-state index is -4.41. The molecule has 4 nitrogen and oxygen atoms in total. The fourth-order valence-corrected chi connectivity index (χ4v) is 2.59. The molecule has 0 spiro atoms. The normalized spacial score (nSPS) is 11.8. The van der Waals surface area contributed by atoms with Crippen LogP contribution in [-0.2, 0) is 12.7 Å². The number of carboxylic acid groups (broad SMARTS) is 1. The second-order valence-corrected chi connectivity index (χ2v) is 5.61. The number of aromatic carboxylic acids is 1. The first-order valence-electron chi connectivity index (χ1n) is 6.80. The summed E-state index contributed by atoms with van der Waals surface area (Å²) in [4.78, 5) is 15.5. The van der Waals surface area contributed by atoms with Gasteiger partial charge >= 0.3 is 12.1 Å². The summed E-state index contributed by atoms with van der Waals surface area (Å²) < 4.78 is 39.3. The molecule has 0 atom stereocenters. The van der Waals surface area contributed by atoms with Crippen LogP contribution in [0.25, 0.3) is 11.0 Å². The number of hydrogen-bond donors (Lipinski definition) is 1. The SMILES string of the molecule is O=C(O)c1cc2ncc(Cl)cc2n1Cc1ccc(C(F)(F)F)cc1. The van der Waals surface area contributed by atoms with Crippen molar-refractivity contribution >= 4 is 28.6 Å². The first kappa shape index (κ1) is 16.3. The Labute approximate surface area is 139 Å². The van der Waals surface area contributed by atoms with Gasteiger partial charge in [-0.25, -0.2) is 4.79 Å². The Morgan fingerprint density at radius 1 is 1.21 bits per heavy atom. The quantitative estimate of drug-likeness (QED) is 0.755. The van der Waals surface area contributed by atoms with Crippen molar-refractivity contribution in [1.82, 2.24) is 9.55 Å². The molecule has 3 rings (SSSR count). The fraction of sp³-hybridized carbons (Fsp3) is 0.125. The maximum absolute atomic E-state index is 12.6. The predicted octanol–water partition coefficient (Wildman–Crippen LogP) is 4.46. The van der Waals surface area contributed by atoms with E-state index in [1.54, 1.807) is 6.07 Å². The molecule has 0 aliphatic heterocycles. The molecule has 0 amide bonds. The number of pyridine rings is 1. The van der Waals surface area contributed by atoms with Gasteiger partial charge in [0.1, 0.15) is 5.69 Å². The van der Waals surface area contributed by atoms with Crippen LogP contribution in [0.4, 0.5) is 13.2 Å². The second kappa shape index (κ2) is 5.83. The molecule has 3 aromatic rings. The molecule has 2 aromatic heterocycles. The second-order valence-electron chi connectivity index (χ2n) is 5.17. The molecule has 1 aromatic carbocycles. The monoisotopic (exact) mass is 354 g/mol. The highest BCUT2D eigenvalue weighted by atomic mass is 35.5. The number of carbonyl (C=O) groups is 1. The Bertz CT molecular complexity index is 917. The number of halogens is 4. The van der Waals surface area contributed by atoms with Gasteiger partial charge in [0.25, 0.3) is 0 Å². The summed E-state index contributed by atoms with van der Waals surface area (Å²) in [6.07, 6.45) is -3.01. The lowest BCUT2D eigenvalue weighted by Crippen LogP contribution is -2.10. The van der Waals surface area contributed by atoms with Crippen LogP contribution >= 0.6 is 11.6 Å². The number of carboxylic acids is 1. The maximum Gasteiger partial charge on any atom is 0.416 e. The van der Waals surface area contributed by atoms with Crippen molar-refractivity contribution in [1.29, 1.82) is 0 Å². The van der Waals surface area contributed by atoms with Crippen LogP contribution in [0.5, 0.6) is 0 Å². The van der Waals surface area contributed by atoms with E-state index in [0.29, 0.717) is 21.6 Å². The smallest absolute Gasteiger partial charge is 0.416 e. The molecule has 124 valence electrons. The Morgan fingerprint density at radius 3 is 2.46 bits per heavy atom. The highest BCUT2D eigenvalue weighted by Crippen LogP contribution is 2.29. The molecular formula is C16H10ClF3N2O2. The number of rotatable bonds is 3. The standard InChI is InChI=1S/C16H10ClF3N2O2/c17-11-5-13-12(21-7-11)6-14(15(23)24)22(13)8-9-1-3-10(4-2-9)16(18,19)20/h1-7H,8H2,(H,23,24). The van der Waals surface area contributed by atoms with E-state index in [1.165, 1.54) is 29.0 Å². The number of hydrogen-bond acceptors (Lipinski definition) is 2. The van der Waals surface area contributed by atoms with Crippen LogP contribution in [0.15, 0.2) is 42.6 Å². The van der Waals surface area contributed by atoms with E-state index in [9.17, 15) is 23.1 Å². The first-order chi connectivity index (χ1) is 11.3. The van der Waals surface area contributed by atoms with E-state index in [0.717, 1.165) is 12.1 Å². The Balaban J connectivity index is 2.04. The van der Waals surface area contributed by atoms with Gasteiger partial charge in [0, 0.05) is 12.7 Å². The van der Waals surface area contributed by atoms with Gasteiger partial charge in [-0.1, -0.05) is 23.7 Å². The molecule has 24 heavy (non-hydrogen) atoms. The number of alkyl halides is 3. The van der Waals surface area contributed by atoms with Gasteiger partial charge in [-0.05, 0) is 29.8 Å². The van der Waals surface area contributed by atoms with Gasteiger partial charge in [0.15, 0.2) is 0 Å². The number of fused-ring (bicyclic) bond motifs is 1. The van der Waals surface area contributed by atoms with E-state index < -0.39 is 17.7 Å². The zero-order valence-corrected chi connectivity index (χ0v) is 12.8. The Kier molecular flexibility index (Phi) is 3.96. The van der Waals surface area contributed by atoms with Crippen LogP contribution in [0, 0.1) is 0 Å². The molecule has 8 heteroatoms. The van der Waals surface area contributed by atoms with Gasteiger partial charge in [0.05, 0.1) is 21.6 Å². The summed E-state index contributed by atoms with van der Waals surface area (Å²) in [6, 6.07) is 7.54. The summed E-state index contributed by atoms with van der Waals surface area (Å²) in [5.74, 6) is -1.16. The van der Waals surface area contributed by atoms with Gasteiger partial charge in [-0.15, -0.1) is 0 Å². The Morgan fingerprint density at radius 2 is 1.88 bits per heavy atom. The lowest BCUT2D eigenvalue weighted by atomic mass is 10.1. The molecule has 0 unspecified atom stereocenters. The van der Waals surface area contributed by atoms with Crippen molar-refractivity contribution in [2.45, 2.75) is 12.7 Å². The Hall–Kier alpha value is -2.54. The van der Waals surface area contributed by atoms with Crippen molar-refractivity contribution in [3.05, 3.63) is 64.4 Å². The zero-order chi connectivity index (χ0) is 17.5. The van der Waals surface area contributed by atoms with Crippen LogP contribution < -0.4 is 0 Å². The van der Waals surface area contributed by atoms with Crippen LogP contribution in [0.2, 0.25) is 5.02 Å². The third kappa shape index (κ3) is 3.07. The lowest BCUT2D eigenvalue weighted by molar-refractivity contribution is -0.137. The van der Waals surface area contributed by atoms with Crippen molar-refractivity contribution in [3.8, 4) is 0 Å². The van der Waals surface area contributed by atoms with Gasteiger partial charge in [0.2, 0.25) is 0 Å². The molecule has 0 aliphatic rings. The average Bonchev–Trinajstić information content (AvgIpc) is 2.85. The number of aromatic nitrogens is 2. The van der Waals surface area contributed by atoms with Gasteiger partial charge in [-0.2, -0.15) is 13.2 Å². The molecule has 1 N–H and O–H groups in total. The molecule has 2 heterocycles. The molecule has 0 radical (unpaired) electrons. The van der Waals surface area contributed by atoms with Crippen molar-refractivity contribution in [3.63, 3.8) is 0 Å². The summed E-state index contributed by atoms with van der Waals surface area (Å²) in [6.45, 7) is 0.0886. The fourth-order valence-electron chi connectivity index (χ4n) is 2.43. The van der Waals surface area contributed by atoms with Crippen molar-refractivity contribution < 1.29 is 23.1 Å². The maximum atomic E-state index is 12.6. The summed E-state index contributed by atoms with van der Waals surface area (Å²) in [7, 11) is 0. The van der Waals surface area contributed by atoms with E-state index >= 15 is 0 Å². The number of benzene rings is 1. The molecule has 0 aliphatic carbocycles. The van der Waals surface area contributed by atoms with Gasteiger partial charge < -0.3 is 9.67 Å². The molecule has 0 saturated carbocycles. The minimum Gasteiger partial charge on any atom is -0.477 e. The van der Waals surface area contributed by atoms with E-state index in [1.807, 2.05) is 0 Å². The first-order valence-corrected chi connectivity index (χ1v) is 7.18. The third-order valence-electron chi connectivity index (χ3n) is 3.56. The van der Waals surface area contributed by atoms with E-state index in [-0.39, 0.29) is 12.2 Å². The summed E-state index contributed by atoms with van der Waals surface area (Å²) in [5, 5.41) is 9.67. The molecular weight excluding hydrogens is 345 g/mol. The van der Waals surface area contributed by atoms with Crippen LogP contribution in [0.3, 0.4) is 0 Å². The minimum absolute atomic E-state index is 0.0142. The van der Waals surface area contributed by atoms with Crippen molar-refractivity contribution in [2.75, 3.05) is 0 Å². The summed E-state index contributed by atoms with van der Waals surface area (Å²) >= 11 is 5.91. The average molecular weight is 355 g/mol. The van der Waals surface area contributed by atoms with Crippen molar-refractivity contribution in [2.24, 2.45) is 0 Å². The largest absolute Gasteiger partial charge is 0.477 e. The topological polar surface area (TPSA) is 55.1 Å². The van der Waals surface area contributed by atoms with Crippen LogP contribution in [0.1, 0.15) is 21.6 Å². The summed E-state index contributed by atoms with van der Waals surface area (Å²) in [5.41, 5.74) is 0.706. The lowest BCUT2D eigenvalue weighted by Gasteiger charge is -2.10. The van der Waals surface area contributed by atoms with E-state index in [2.05, 4.69) is 4.98 Å². The van der Waals surface area contributed by atoms with Crippen LogP contribution in [-0.4, -0.2) is 20.6 Å². The molecule has 0 fully saturated rings. The molecule has 0 bridgehead atoms. The molecule has 0 saturated heterocycles. The highest BCUT2D eigenvalue weighted by Gasteiger charge is 2.30. The predicted molar refractivity (Wildman–Crippen MR) is 82.2 cm³/mol.